The highest BCUT2D eigenvalue weighted by Crippen LogP contribution is 2.39. The van der Waals surface area contributed by atoms with E-state index in [1.807, 2.05) is 6.92 Å². The molecule has 1 rings (SSSR count). The van der Waals surface area contributed by atoms with Crippen molar-refractivity contribution in [2.24, 2.45) is 0 Å². The number of carbonyl (C=O) groups is 1. The van der Waals surface area contributed by atoms with Crippen LogP contribution in [0.25, 0.3) is 0 Å². The van der Waals surface area contributed by atoms with E-state index < -0.39 is 8.32 Å². The Hall–Kier alpha value is -0.413. The Morgan fingerprint density at radius 2 is 1.93 bits per heavy atom. The molecule has 0 N–H and O–H groups in total. The lowest BCUT2D eigenvalue weighted by Gasteiger charge is -2.38. The van der Waals surface area contributed by atoms with E-state index in [-0.39, 0.29) is 16.9 Å². The number of carbonyl (C=O) groups excluding carboxylic acids is 1. The first kappa shape index (κ1) is 12.7. The first-order valence-corrected chi connectivity index (χ1v) is 8.43. The molecule has 0 saturated carbocycles. The van der Waals surface area contributed by atoms with Crippen molar-refractivity contribution < 1.29 is 9.22 Å². The van der Waals surface area contributed by atoms with Crippen molar-refractivity contribution in [2.45, 2.75) is 58.4 Å². The van der Waals surface area contributed by atoms with Crippen molar-refractivity contribution >= 4 is 14.1 Å². The van der Waals surface area contributed by atoms with Crippen LogP contribution in [0, 0.1) is 0 Å². The van der Waals surface area contributed by atoms with Crippen molar-refractivity contribution in [2.75, 3.05) is 0 Å². The molecule has 0 radical (unpaired) electrons. The molecular formula is C12H22O2Si. The molecule has 0 saturated heterocycles. The minimum Gasteiger partial charge on any atom is -0.410 e. The molecule has 0 spiro atoms. The second kappa shape index (κ2) is 3.87. The lowest BCUT2D eigenvalue weighted by molar-refractivity contribution is -0.114. The number of allylic oxidation sites excluding steroid dienone is 1. The summed E-state index contributed by atoms with van der Waals surface area (Å²) in [7, 11) is -1.73. The zero-order valence-electron chi connectivity index (χ0n) is 10.7. The minimum atomic E-state index is -1.73. The summed E-state index contributed by atoms with van der Waals surface area (Å²) in [6.45, 7) is 13.1. The van der Waals surface area contributed by atoms with Crippen LogP contribution in [0.3, 0.4) is 0 Å². The standard InChI is InChI=1S/C12H22O2Si/c1-9-7-10(13)8-11(9)14-15(5,6)12(2,3)4/h7,11H,8H2,1-6H3. The van der Waals surface area contributed by atoms with Crippen molar-refractivity contribution in [1.82, 2.24) is 0 Å². The Morgan fingerprint density at radius 1 is 1.40 bits per heavy atom. The number of hydrogen-bond acceptors (Lipinski definition) is 2. The number of hydrogen-bond donors (Lipinski definition) is 0. The molecule has 2 nitrogen and oxygen atoms in total. The van der Waals surface area contributed by atoms with E-state index in [9.17, 15) is 4.79 Å². The molecule has 1 aliphatic carbocycles. The summed E-state index contributed by atoms with van der Waals surface area (Å²) in [4.78, 5) is 11.3. The van der Waals surface area contributed by atoms with Crippen LogP contribution in [-0.2, 0) is 9.22 Å². The molecular weight excluding hydrogens is 204 g/mol. The van der Waals surface area contributed by atoms with Gasteiger partial charge in [-0.2, -0.15) is 0 Å². The molecule has 0 heterocycles. The van der Waals surface area contributed by atoms with Crippen molar-refractivity contribution in [3.05, 3.63) is 11.6 Å². The van der Waals surface area contributed by atoms with E-state index in [2.05, 4.69) is 33.9 Å². The monoisotopic (exact) mass is 226 g/mol. The van der Waals surface area contributed by atoms with Gasteiger partial charge in [0.1, 0.15) is 0 Å². The van der Waals surface area contributed by atoms with Crippen molar-refractivity contribution in [3.63, 3.8) is 0 Å². The van der Waals surface area contributed by atoms with Gasteiger partial charge >= 0.3 is 0 Å². The molecule has 15 heavy (non-hydrogen) atoms. The van der Waals surface area contributed by atoms with Crippen LogP contribution in [-0.4, -0.2) is 20.2 Å². The Labute approximate surface area is 93.8 Å². The molecule has 0 amide bonds. The molecule has 86 valence electrons. The van der Waals surface area contributed by atoms with Gasteiger partial charge in [-0.25, -0.2) is 0 Å². The quantitative estimate of drug-likeness (QED) is 0.675. The highest BCUT2D eigenvalue weighted by Gasteiger charge is 2.40. The van der Waals surface area contributed by atoms with Gasteiger partial charge in [-0.05, 0) is 36.7 Å². The topological polar surface area (TPSA) is 26.3 Å². The zero-order valence-corrected chi connectivity index (χ0v) is 11.7. The molecule has 3 heteroatoms. The summed E-state index contributed by atoms with van der Waals surface area (Å²) in [5.41, 5.74) is 1.09. The van der Waals surface area contributed by atoms with Crippen molar-refractivity contribution in [1.29, 1.82) is 0 Å². The maximum Gasteiger partial charge on any atom is 0.192 e. The largest absolute Gasteiger partial charge is 0.410 e. The van der Waals surface area contributed by atoms with Crippen LogP contribution in [0.4, 0.5) is 0 Å². The van der Waals surface area contributed by atoms with Gasteiger partial charge in [0.2, 0.25) is 0 Å². The molecule has 1 aliphatic rings. The van der Waals surface area contributed by atoms with Crippen LogP contribution in [0.15, 0.2) is 11.6 Å². The number of rotatable bonds is 2. The Bertz CT molecular complexity index is 297. The third kappa shape index (κ3) is 2.79. The van der Waals surface area contributed by atoms with Crippen LogP contribution >= 0.6 is 0 Å². The molecule has 0 fully saturated rings. The fourth-order valence-electron chi connectivity index (χ4n) is 1.42. The summed E-state index contributed by atoms with van der Waals surface area (Å²) >= 11 is 0. The van der Waals surface area contributed by atoms with E-state index in [0.717, 1.165) is 5.57 Å². The summed E-state index contributed by atoms with van der Waals surface area (Å²) in [5, 5.41) is 0.207. The summed E-state index contributed by atoms with van der Waals surface area (Å²) in [6, 6.07) is 0. The van der Waals surface area contributed by atoms with Gasteiger partial charge in [0.05, 0.1) is 6.10 Å². The predicted molar refractivity (Wildman–Crippen MR) is 65.5 cm³/mol. The van der Waals surface area contributed by atoms with Gasteiger partial charge in [-0.3, -0.25) is 4.79 Å². The SMILES string of the molecule is CC1=CC(=O)CC1O[Si](C)(C)C(C)(C)C. The second-order valence-corrected chi connectivity index (χ2v) is 10.7. The maximum absolute atomic E-state index is 11.3. The minimum absolute atomic E-state index is 0.0402. The molecule has 0 aromatic carbocycles. The fraction of sp³-hybridized carbons (Fsp3) is 0.750. The van der Waals surface area contributed by atoms with E-state index in [1.165, 1.54) is 0 Å². The third-order valence-electron chi connectivity index (χ3n) is 3.53. The van der Waals surface area contributed by atoms with Gasteiger partial charge in [-0.1, -0.05) is 20.8 Å². The van der Waals surface area contributed by atoms with E-state index in [4.69, 9.17) is 4.43 Å². The van der Waals surface area contributed by atoms with E-state index in [0.29, 0.717) is 6.42 Å². The van der Waals surface area contributed by atoms with Gasteiger partial charge in [0.25, 0.3) is 0 Å². The van der Waals surface area contributed by atoms with E-state index >= 15 is 0 Å². The lowest BCUT2D eigenvalue weighted by Crippen LogP contribution is -2.43. The average Bonchev–Trinajstić information content (AvgIpc) is 2.26. The molecule has 0 aromatic rings. The normalized spacial score (nSPS) is 23.2. The zero-order chi connectivity index (χ0) is 11.9. The Morgan fingerprint density at radius 3 is 2.27 bits per heavy atom. The van der Waals surface area contributed by atoms with Crippen LogP contribution < -0.4 is 0 Å². The first-order valence-electron chi connectivity index (χ1n) is 5.52. The van der Waals surface area contributed by atoms with Gasteiger partial charge in [0.15, 0.2) is 14.1 Å². The van der Waals surface area contributed by atoms with Crippen LogP contribution in [0.1, 0.15) is 34.1 Å². The molecule has 0 bridgehead atoms. The fourth-order valence-corrected chi connectivity index (χ4v) is 2.75. The van der Waals surface area contributed by atoms with E-state index in [1.54, 1.807) is 6.08 Å². The molecule has 1 atom stereocenters. The second-order valence-electron chi connectivity index (χ2n) is 5.93. The lowest BCUT2D eigenvalue weighted by atomic mass is 10.2. The Balaban J connectivity index is 2.72. The molecule has 1 unspecified atom stereocenters. The number of ketones is 1. The highest BCUT2D eigenvalue weighted by molar-refractivity contribution is 6.74. The Kier molecular flexibility index (Phi) is 3.26. The summed E-state index contributed by atoms with van der Waals surface area (Å²) in [5.74, 6) is 0.205. The first-order chi connectivity index (χ1) is 6.63. The maximum atomic E-state index is 11.3. The molecule has 0 aromatic heterocycles. The van der Waals surface area contributed by atoms with Crippen LogP contribution in [0.2, 0.25) is 18.1 Å². The van der Waals surface area contributed by atoms with Gasteiger partial charge < -0.3 is 4.43 Å². The smallest absolute Gasteiger partial charge is 0.192 e. The van der Waals surface area contributed by atoms with Crippen molar-refractivity contribution in [3.8, 4) is 0 Å². The average molecular weight is 226 g/mol. The summed E-state index contributed by atoms with van der Waals surface area (Å²) < 4.78 is 6.20. The van der Waals surface area contributed by atoms with Gasteiger partial charge in [-0.15, -0.1) is 0 Å². The predicted octanol–water partition coefficient (Wildman–Crippen LogP) is 3.30. The summed E-state index contributed by atoms with van der Waals surface area (Å²) in [6.07, 6.45) is 2.30. The molecule has 0 aliphatic heterocycles. The highest BCUT2D eigenvalue weighted by atomic mass is 28.4. The van der Waals surface area contributed by atoms with Gasteiger partial charge in [0, 0.05) is 6.42 Å². The van der Waals surface area contributed by atoms with Crippen LogP contribution in [0.5, 0.6) is 0 Å². The third-order valence-corrected chi connectivity index (χ3v) is 8.01.